The van der Waals surface area contributed by atoms with Crippen LogP contribution in [0.1, 0.15) is 37.0 Å². The fourth-order valence-corrected chi connectivity index (χ4v) is 4.45. The van der Waals surface area contributed by atoms with Gasteiger partial charge in [0.15, 0.2) is 0 Å². The summed E-state index contributed by atoms with van der Waals surface area (Å²) in [5.41, 5.74) is 4.44. The monoisotopic (exact) mass is 393 g/mol. The predicted molar refractivity (Wildman–Crippen MR) is 117 cm³/mol. The molecule has 1 amide bonds. The fourth-order valence-electron chi connectivity index (χ4n) is 4.45. The number of carbonyl (C=O) groups excluding carboxylic acids is 1. The molecule has 0 bridgehead atoms. The second-order valence-corrected chi connectivity index (χ2v) is 8.03. The average molecular weight is 394 g/mol. The van der Waals surface area contributed by atoms with E-state index in [1.807, 2.05) is 30.0 Å². The van der Waals surface area contributed by atoms with Crippen LogP contribution in [0.4, 0.5) is 11.4 Å². The SMILES string of the molecule is CCC(=O)N1CCCc2cc([C@@H](O)CN3CCN(c4ccccc4)CC3)ccc21. The highest BCUT2D eigenvalue weighted by Crippen LogP contribution is 2.30. The number of nitrogens with zero attached hydrogens (tertiary/aromatic N) is 3. The summed E-state index contributed by atoms with van der Waals surface area (Å²) >= 11 is 0. The number of aliphatic hydroxyl groups excluding tert-OH is 1. The van der Waals surface area contributed by atoms with Gasteiger partial charge in [0, 0.05) is 57.1 Å². The van der Waals surface area contributed by atoms with E-state index in [2.05, 4.69) is 40.1 Å². The van der Waals surface area contributed by atoms with E-state index in [1.165, 1.54) is 11.3 Å². The molecule has 1 N–H and O–H groups in total. The third-order valence-corrected chi connectivity index (χ3v) is 6.14. The van der Waals surface area contributed by atoms with E-state index in [4.69, 9.17) is 0 Å². The molecule has 2 aromatic carbocycles. The molecule has 5 nitrogen and oxygen atoms in total. The van der Waals surface area contributed by atoms with Crippen LogP contribution < -0.4 is 9.80 Å². The molecule has 1 atom stereocenters. The maximum absolute atomic E-state index is 12.2. The summed E-state index contributed by atoms with van der Waals surface area (Å²) in [6, 6.07) is 16.6. The van der Waals surface area contributed by atoms with E-state index < -0.39 is 6.10 Å². The van der Waals surface area contributed by atoms with Crippen LogP contribution in [0.25, 0.3) is 0 Å². The Hall–Kier alpha value is -2.37. The topological polar surface area (TPSA) is 47.0 Å². The lowest BCUT2D eigenvalue weighted by Crippen LogP contribution is -2.47. The standard InChI is InChI=1S/C24H31N3O2/c1-2-24(29)27-12-6-7-19-17-20(10-11-22(19)27)23(28)18-25-13-15-26(16-14-25)21-8-4-3-5-9-21/h3-5,8-11,17,23,28H,2,6-7,12-16,18H2,1H3/t23-/m0/s1. The zero-order valence-electron chi connectivity index (χ0n) is 17.3. The molecule has 154 valence electrons. The van der Waals surface area contributed by atoms with Crippen molar-refractivity contribution in [2.75, 3.05) is 49.1 Å². The zero-order valence-corrected chi connectivity index (χ0v) is 17.3. The molecule has 2 heterocycles. The van der Waals surface area contributed by atoms with Crippen LogP contribution >= 0.6 is 0 Å². The highest BCUT2D eigenvalue weighted by molar-refractivity contribution is 5.94. The number of aryl methyl sites for hydroxylation is 1. The van der Waals surface area contributed by atoms with Crippen LogP contribution in [0.2, 0.25) is 0 Å². The number of hydrogen-bond donors (Lipinski definition) is 1. The molecule has 2 aromatic rings. The number of amides is 1. The average Bonchev–Trinajstić information content (AvgIpc) is 2.78. The molecule has 0 radical (unpaired) electrons. The number of hydrogen-bond acceptors (Lipinski definition) is 4. The van der Waals surface area contributed by atoms with Gasteiger partial charge in [0.1, 0.15) is 0 Å². The van der Waals surface area contributed by atoms with Gasteiger partial charge in [-0.3, -0.25) is 9.69 Å². The lowest BCUT2D eigenvalue weighted by Gasteiger charge is -2.37. The molecule has 4 rings (SSSR count). The Morgan fingerprint density at radius 3 is 2.52 bits per heavy atom. The third-order valence-electron chi connectivity index (χ3n) is 6.14. The largest absolute Gasteiger partial charge is 0.387 e. The Kier molecular flexibility index (Phi) is 6.16. The van der Waals surface area contributed by atoms with Crippen LogP contribution in [0.3, 0.4) is 0 Å². The van der Waals surface area contributed by atoms with Crippen LogP contribution in [0.5, 0.6) is 0 Å². The van der Waals surface area contributed by atoms with Gasteiger partial charge in [0.2, 0.25) is 5.91 Å². The summed E-state index contributed by atoms with van der Waals surface area (Å²) in [5.74, 6) is 0.176. The van der Waals surface area contributed by atoms with Crippen molar-refractivity contribution in [2.45, 2.75) is 32.3 Å². The molecule has 0 saturated carbocycles. The highest BCUT2D eigenvalue weighted by atomic mass is 16.3. The van der Waals surface area contributed by atoms with Gasteiger partial charge in [-0.05, 0) is 42.2 Å². The first-order chi connectivity index (χ1) is 14.2. The maximum atomic E-state index is 12.2. The van der Waals surface area contributed by atoms with E-state index in [0.29, 0.717) is 13.0 Å². The van der Waals surface area contributed by atoms with Crippen LogP contribution in [0.15, 0.2) is 48.5 Å². The van der Waals surface area contributed by atoms with E-state index in [1.54, 1.807) is 0 Å². The number of aliphatic hydroxyl groups is 1. The predicted octanol–water partition coefficient (Wildman–Crippen LogP) is 3.23. The Bertz CT molecular complexity index is 831. The first kappa shape index (κ1) is 19.9. The Morgan fingerprint density at radius 1 is 1.03 bits per heavy atom. The van der Waals surface area contributed by atoms with E-state index in [-0.39, 0.29) is 5.91 Å². The van der Waals surface area contributed by atoms with Crippen molar-refractivity contribution in [3.8, 4) is 0 Å². The van der Waals surface area contributed by atoms with E-state index in [9.17, 15) is 9.90 Å². The van der Waals surface area contributed by atoms with Gasteiger partial charge in [0.05, 0.1) is 6.10 Å². The summed E-state index contributed by atoms with van der Waals surface area (Å²) in [7, 11) is 0. The van der Waals surface area contributed by atoms with Crippen LogP contribution in [-0.2, 0) is 11.2 Å². The number of benzene rings is 2. The van der Waals surface area contributed by atoms with Gasteiger partial charge >= 0.3 is 0 Å². The summed E-state index contributed by atoms with van der Waals surface area (Å²) in [4.78, 5) is 18.9. The van der Waals surface area contributed by atoms with Gasteiger partial charge in [0.25, 0.3) is 0 Å². The quantitative estimate of drug-likeness (QED) is 0.847. The molecule has 1 fully saturated rings. The van der Waals surface area contributed by atoms with Crippen molar-refractivity contribution in [3.05, 3.63) is 59.7 Å². The first-order valence-electron chi connectivity index (χ1n) is 10.8. The first-order valence-corrected chi connectivity index (χ1v) is 10.8. The van der Waals surface area contributed by atoms with Crippen molar-refractivity contribution in [3.63, 3.8) is 0 Å². The number of carbonyl (C=O) groups is 1. The number of piperazine rings is 1. The van der Waals surface area contributed by atoms with Gasteiger partial charge < -0.3 is 14.9 Å². The van der Waals surface area contributed by atoms with Gasteiger partial charge in [-0.25, -0.2) is 0 Å². The minimum absolute atomic E-state index is 0.176. The maximum Gasteiger partial charge on any atom is 0.226 e. The molecule has 1 saturated heterocycles. The van der Waals surface area contributed by atoms with Crippen LogP contribution in [-0.4, -0.2) is 55.2 Å². The van der Waals surface area contributed by atoms with Crippen molar-refractivity contribution in [2.24, 2.45) is 0 Å². The molecular weight excluding hydrogens is 362 g/mol. The summed E-state index contributed by atoms with van der Waals surface area (Å²) < 4.78 is 0. The molecule has 0 spiro atoms. The number of fused-ring (bicyclic) bond motifs is 1. The highest BCUT2D eigenvalue weighted by Gasteiger charge is 2.24. The normalized spacial score (nSPS) is 18.4. The Labute approximate surface area is 173 Å². The molecule has 0 aromatic heterocycles. The van der Waals surface area contributed by atoms with Gasteiger partial charge in [-0.15, -0.1) is 0 Å². The molecule has 2 aliphatic heterocycles. The van der Waals surface area contributed by atoms with Gasteiger partial charge in [-0.2, -0.15) is 0 Å². The smallest absolute Gasteiger partial charge is 0.226 e. The number of anilines is 2. The lowest BCUT2D eigenvalue weighted by molar-refractivity contribution is -0.118. The molecule has 0 unspecified atom stereocenters. The van der Waals surface area contributed by atoms with E-state index in [0.717, 1.165) is 56.8 Å². The molecular formula is C24H31N3O2. The van der Waals surface area contributed by atoms with Crippen molar-refractivity contribution < 1.29 is 9.90 Å². The van der Waals surface area contributed by atoms with Crippen LogP contribution in [0, 0.1) is 0 Å². The van der Waals surface area contributed by atoms with Gasteiger partial charge in [-0.1, -0.05) is 37.3 Å². The number of β-amino-alcohol motifs (C(OH)–C–C–N with tert-alkyl or cyclic N) is 1. The zero-order chi connectivity index (χ0) is 20.2. The van der Waals surface area contributed by atoms with Crippen molar-refractivity contribution in [1.82, 2.24) is 4.90 Å². The molecule has 0 aliphatic carbocycles. The minimum atomic E-state index is -0.499. The third kappa shape index (κ3) is 4.46. The Morgan fingerprint density at radius 2 is 1.79 bits per heavy atom. The summed E-state index contributed by atoms with van der Waals surface area (Å²) in [6.45, 7) is 7.23. The molecule has 5 heteroatoms. The summed E-state index contributed by atoms with van der Waals surface area (Å²) in [5, 5.41) is 10.8. The fraction of sp³-hybridized carbons (Fsp3) is 0.458. The van der Waals surface area contributed by atoms with Crippen molar-refractivity contribution in [1.29, 1.82) is 0 Å². The lowest BCUT2D eigenvalue weighted by atomic mass is 9.96. The second kappa shape index (κ2) is 8.97. The summed E-state index contributed by atoms with van der Waals surface area (Å²) in [6.07, 6.45) is 1.98. The number of para-hydroxylation sites is 1. The van der Waals surface area contributed by atoms with E-state index >= 15 is 0 Å². The molecule has 2 aliphatic rings. The van der Waals surface area contributed by atoms with Crippen molar-refractivity contribution >= 4 is 17.3 Å². The Balaban J connectivity index is 1.37. The number of rotatable bonds is 5. The minimum Gasteiger partial charge on any atom is -0.387 e. The molecule has 29 heavy (non-hydrogen) atoms. The second-order valence-electron chi connectivity index (χ2n) is 8.03.